The van der Waals surface area contributed by atoms with Crippen LogP contribution in [0, 0.1) is 6.92 Å². The smallest absolute Gasteiger partial charge is 0.251 e. The Morgan fingerprint density at radius 3 is 2.45 bits per heavy atom. The highest BCUT2D eigenvalue weighted by Gasteiger charge is 2.29. The Labute approximate surface area is 232 Å². The fourth-order valence-corrected chi connectivity index (χ4v) is 6.21. The van der Waals surface area contributed by atoms with Crippen molar-refractivity contribution in [1.82, 2.24) is 20.0 Å². The molecule has 1 aromatic heterocycles. The van der Waals surface area contributed by atoms with Crippen LogP contribution in [0.4, 0.5) is 11.5 Å². The normalized spacial score (nSPS) is 20.1. The van der Waals surface area contributed by atoms with Crippen molar-refractivity contribution >= 4 is 29.0 Å². The van der Waals surface area contributed by atoms with Gasteiger partial charge in [-0.15, -0.1) is 5.10 Å². The third-order valence-electron chi connectivity index (χ3n) is 8.08. The number of ether oxygens (including phenoxy) is 2. The van der Waals surface area contributed by atoms with E-state index in [2.05, 4.69) is 46.1 Å². The van der Waals surface area contributed by atoms with Gasteiger partial charge in [0.05, 0.1) is 32.4 Å². The van der Waals surface area contributed by atoms with E-state index in [9.17, 15) is 4.79 Å². The summed E-state index contributed by atoms with van der Waals surface area (Å²) in [7, 11) is 7.84. The molecule has 1 saturated heterocycles. The maximum Gasteiger partial charge on any atom is 0.251 e. The number of hydrogen-bond donors (Lipinski definition) is 1. The van der Waals surface area contributed by atoms with Crippen molar-refractivity contribution in [2.45, 2.75) is 58.2 Å². The SMILES string of the molecule is CCN(c1cc(Cl)cc(C(=O)NCc2c(OC)nn(C)c2N2CCOCC2)c1C)C1CCC(N(C)C)CC1. The quantitative estimate of drug-likeness (QED) is 0.512. The third-order valence-corrected chi connectivity index (χ3v) is 8.30. The molecule has 2 fully saturated rings. The van der Waals surface area contributed by atoms with Crippen molar-refractivity contribution < 1.29 is 14.3 Å². The third kappa shape index (κ3) is 6.05. The van der Waals surface area contributed by atoms with Crippen LogP contribution in [0.3, 0.4) is 0 Å². The summed E-state index contributed by atoms with van der Waals surface area (Å²) in [5.41, 5.74) is 3.46. The number of morpholine rings is 1. The number of methoxy groups -OCH3 is 1. The van der Waals surface area contributed by atoms with E-state index in [4.69, 9.17) is 21.1 Å². The number of rotatable bonds is 9. The fourth-order valence-electron chi connectivity index (χ4n) is 6.00. The predicted molar refractivity (Wildman–Crippen MR) is 153 cm³/mol. The second kappa shape index (κ2) is 12.6. The summed E-state index contributed by atoms with van der Waals surface area (Å²) in [5.74, 6) is 1.31. The van der Waals surface area contributed by atoms with E-state index in [1.165, 1.54) is 12.8 Å². The molecule has 0 atom stereocenters. The van der Waals surface area contributed by atoms with E-state index in [0.717, 1.165) is 55.1 Å². The van der Waals surface area contributed by atoms with Crippen molar-refractivity contribution in [2.75, 3.05) is 63.9 Å². The van der Waals surface area contributed by atoms with Gasteiger partial charge in [0.15, 0.2) is 0 Å². The molecule has 1 saturated carbocycles. The highest BCUT2D eigenvalue weighted by molar-refractivity contribution is 6.31. The number of anilines is 2. The van der Waals surface area contributed by atoms with Crippen LogP contribution < -0.4 is 19.9 Å². The van der Waals surface area contributed by atoms with Gasteiger partial charge in [-0.25, -0.2) is 4.68 Å². The number of carbonyl (C=O) groups is 1. The van der Waals surface area contributed by atoms with Crippen LogP contribution in [0.1, 0.15) is 54.1 Å². The van der Waals surface area contributed by atoms with Crippen LogP contribution in [0.15, 0.2) is 12.1 Å². The molecular weight excluding hydrogens is 504 g/mol. The number of nitrogens with one attached hydrogen (secondary N) is 1. The van der Waals surface area contributed by atoms with Crippen LogP contribution in [-0.4, -0.2) is 86.7 Å². The molecule has 2 aliphatic rings. The molecule has 1 aliphatic heterocycles. The lowest BCUT2D eigenvalue weighted by Crippen LogP contribution is -2.42. The van der Waals surface area contributed by atoms with Crippen molar-refractivity contribution in [3.05, 3.63) is 33.8 Å². The molecule has 1 N–H and O–H groups in total. The van der Waals surface area contributed by atoms with Gasteiger partial charge < -0.3 is 29.5 Å². The van der Waals surface area contributed by atoms with Crippen LogP contribution in [0.25, 0.3) is 0 Å². The lowest BCUT2D eigenvalue weighted by atomic mass is 9.89. The van der Waals surface area contributed by atoms with Gasteiger partial charge in [-0.1, -0.05) is 11.6 Å². The summed E-state index contributed by atoms with van der Waals surface area (Å²) in [4.78, 5) is 20.5. The number of amides is 1. The molecule has 0 radical (unpaired) electrons. The molecule has 2 heterocycles. The van der Waals surface area contributed by atoms with E-state index < -0.39 is 0 Å². The Morgan fingerprint density at radius 2 is 1.84 bits per heavy atom. The van der Waals surface area contributed by atoms with Crippen LogP contribution >= 0.6 is 11.6 Å². The number of aryl methyl sites for hydroxylation is 1. The van der Waals surface area contributed by atoms with Gasteiger partial charge in [0.2, 0.25) is 5.88 Å². The van der Waals surface area contributed by atoms with Crippen LogP contribution in [0.5, 0.6) is 5.88 Å². The van der Waals surface area contributed by atoms with Gasteiger partial charge >= 0.3 is 0 Å². The highest BCUT2D eigenvalue weighted by atomic mass is 35.5. The molecule has 0 unspecified atom stereocenters. The molecule has 0 spiro atoms. The predicted octanol–water partition coefficient (Wildman–Crippen LogP) is 3.86. The zero-order valence-corrected chi connectivity index (χ0v) is 24.5. The monoisotopic (exact) mass is 546 g/mol. The Hall–Kier alpha value is -2.49. The average molecular weight is 547 g/mol. The summed E-state index contributed by atoms with van der Waals surface area (Å²) in [6, 6.07) is 4.87. The van der Waals surface area contributed by atoms with E-state index in [-0.39, 0.29) is 5.91 Å². The maximum absolute atomic E-state index is 13.5. The molecule has 38 heavy (non-hydrogen) atoms. The number of nitrogens with zero attached hydrogens (tertiary/aromatic N) is 5. The molecule has 10 heteroatoms. The number of aromatic nitrogens is 2. The molecule has 1 aliphatic carbocycles. The Bertz CT molecular complexity index is 1110. The summed E-state index contributed by atoms with van der Waals surface area (Å²) < 4.78 is 12.9. The zero-order valence-electron chi connectivity index (χ0n) is 23.7. The minimum atomic E-state index is -0.155. The minimum absolute atomic E-state index is 0.155. The van der Waals surface area contributed by atoms with Crippen LogP contribution in [-0.2, 0) is 18.3 Å². The van der Waals surface area contributed by atoms with Crippen molar-refractivity contribution in [3.8, 4) is 5.88 Å². The highest BCUT2D eigenvalue weighted by Crippen LogP contribution is 2.34. The molecule has 9 nitrogen and oxygen atoms in total. The van der Waals surface area contributed by atoms with Gasteiger partial charge in [-0.2, -0.15) is 0 Å². The van der Waals surface area contributed by atoms with Gasteiger partial charge in [0.25, 0.3) is 5.91 Å². The van der Waals surface area contributed by atoms with Gasteiger partial charge in [-0.05, 0) is 71.3 Å². The topological polar surface area (TPSA) is 75.1 Å². The lowest BCUT2D eigenvalue weighted by Gasteiger charge is -2.40. The molecule has 0 bridgehead atoms. The van der Waals surface area contributed by atoms with Crippen molar-refractivity contribution in [3.63, 3.8) is 0 Å². The Balaban J connectivity index is 1.54. The van der Waals surface area contributed by atoms with Crippen molar-refractivity contribution in [1.29, 1.82) is 0 Å². The van der Waals surface area contributed by atoms with E-state index >= 15 is 0 Å². The summed E-state index contributed by atoms with van der Waals surface area (Å²) in [6.45, 7) is 8.24. The number of carbonyl (C=O) groups excluding carboxylic acids is 1. The summed E-state index contributed by atoms with van der Waals surface area (Å²) in [5, 5.41) is 8.23. The van der Waals surface area contributed by atoms with E-state index in [1.807, 2.05) is 24.7 Å². The molecule has 1 amide bonds. The van der Waals surface area contributed by atoms with Gasteiger partial charge in [0, 0.05) is 55.0 Å². The first-order valence-corrected chi connectivity index (χ1v) is 14.1. The second-order valence-electron chi connectivity index (χ2n) is 10.5. The molecule has 4 rings (SSSR count). The Morgan fingerprint density at radius 1 is 1.18 bits per heavy atom. The summed E-state index contributed by atoms with van der Waals surface area (Å²) >= 11 is 6.60. The fraction of sp³-hybridized carbons (Fsp3) is 0.643. The summed E-state index contributed by atoms with van der Waals surface area (Å²) in [6.07, 6.45) is 4.63. The first-order chi connectivity index (χ1) is 18.2. The zero-order chi connectivity index (χ0) is 27.4. The molecular formula is C28H43ClN6O3. The largest absolute Gasteiger partial charge is 0.480 e. The molecule has 2 aromatic rings. The minimum Gasteiger partial charge on any atom is -0.480 e. The standard InChI is InChI=1S/C28H43ClN6O3/c1-7-35(22-10-8-21(9-11-22)32(3)4)25-17-20(29)16-23(19(25)2)26(36)30-18-24-27(37-6)31-33(5)28(24)34-12-14-38-15-13-34/h16-17,21-22H,7-15,18H2,1-6H3,(H,30,36). The van der Waals surface area contributed by atoms with E-state index in [1.54, 1.807) is 13.2 Å². The molecule has 210 valence electrons. The second-order valence-corrected chi connectivity index (χ2v) is 11.0. The van der Waals surface area contributed by atoms with Gasteiger partial charge in [-0.3, -0.25) is 4.79 Å². The van der Waals surface area contributed by atoms with Gasteiger partial charge in [0.1, 0.15) is 5.82 Å². The van der Waals surface area contributed by atoms with E-state index in [0.29, 0.717) is 48.3 Å². The lowest BCUT2D eigenvalue weighted by molar-refractivity contribution is 0.0950. The number of hydrogen-bond acceptors (Lipinski definition) is 7. The Kier molecular flexibility index (Phi) is 9.44. The number of benzene rings is 1. The number of halogens is 1. The first-order valence-electron chi connectivity index (χ1n) is 13.7. The molecule has 1 aromatic carbocycles. The average Bonchev–Trinajstić information content (AvgIpc) is 3.25. The van der Waals surface area contributed by atoms with Crippen LogP contribution in [0.2, 0.25) is 5.02 Å². The van der Waals surface area contributed by atoms with Crippen molar-refractivity contribution in [2.24, 2.45) is 7.05 Å². The first kappa shape index (κ1) is 28.5. The maximum atomic E-state index is 13.5.